The van der Waals surface area contributed by atoms with Crippen LogP contribution in [0.2, 0.25) is 0 Å². The first-order valence-corrected chi connectivity index (χ1v) is 13.0. The lowest BCUT2D eigenvalue weighted by Crippen LogP contribution is -2.12. The minimum absolute atomic E-state index is 0.0244. The molecule has 1 saturated carbocycles. The standard InChI is InChI=1S/C31H30F6/c1-2-3-4-5-6-7-20-14-25(32)24(26(33)15-20)13-10-19-8-11-21(12-9-19)22-16-23-18-28(35)30(36)31(37)29(23)27(34)17-22/h14-19,21H,2-9,11-12H2,1H3. The van der Waals surface area contributed by atoms with E-state index in [2.05, 4.69) is 18.8 Å². The third-order valence-electron chi connectivity index (χ3n) is 7.32. The molecule has 4 rings (SSSR count). The minimum atomic E-state index is -1.69. The highest BCUT2D eigenvalue weighted by Crippen LogP contribution is 2.38. The van der Waals surface area contributed by atoms with E-state index in [-0.39, 0.29) is 22.8 Å². The lowest BCUT2D eigenvalue weighted by molar-refractivity contribution is 0.384. The molecule has 0 nitrogen and oxygen atoms in total. The fraction of sp³-hybridized carbons (Fsp3) is 0.419. The van der Waals surface area contributed by atoms with E-state index >= 15 is 0 Å². The highest BCUT2D eigenvalue weighted by molar-refractivity contribution is 5.84. The van der Waals surface area contributed by atoms with Crippen molar-refractivity contribution in [3.05, 3.63) is 81.9 Å². The van der Waals surface area contributed by atoms with E-state index in [4.69, 9.17) is 0 Å². The Morgan fingerprint density at radius 3 is 2.05 bits per heavy atom. The molecule has 1 aliphatic rings. The highest BCUT2D eigenvalue weighted by Gasteiger charge is 2.24. The van der Waals surface area contributed by atoms with Crippen LogP contribution in [-0.2, 0) is 6.42 Å². The van der Waals surface area contributed by atoms with Crippen LogP contribution in [0, 0.1) is 52.7 Å². The van der Waals surface area contributed by atoms with Crippen molar-refractivity contribution in [2.24, 2.45) is 5.92 Å². The van der Waals surface area contributed by atoms with Crippen LogP contribution < -0.4 is 0 Å². The van der Waals surface area contributed by atoms with Crippen LogP contribution >= 0.6 is 0 Å². The Morgan fingerprint density at radius 2 is 1.38 bits per heavy atom. The van der Waals surface area contributed by atoms with Crippen molar-refractivity contribution >= 4 is 10.8 Å². The lowest BCUT2D eigenvalue weighted by Gasteiger charge is -2.26. The maximum absolute atomic E-state index is 14.6. The lowest BCUT2D eigenvalue weighted by atomic mass is 9.78. The quantitative estimate of drug-likeness (QED) is 0.127. The Labute approximate surface area is 214 Å². The molecule has 0 radical (unpaired) electrons. The molecule has 0 saturated heterocycles. The summed E-state index contributed by atoms with van der Waals surface area (Å²) in [5.41, 5.74) is 1.01. The first-order valence-electron chi connectivity index (χ1n) is 13.0. The highest BCUT2D eigenvalue weighted by atomic mass is 19.2. The zero-order chi connectivity index (χ0) is 26.5. The molecule has 3 aromatic rings. The van der Waals surface area contributed by atoms with Crippen molar-refractivity contribution in [1.82, 2.24) is 0 Å². The van der Waals surface area contributed by atoms with Gasteiger partial charge in [0.05, 0.1) is 10.9 Å². The number of halogens is 6. The number of hydrogen-bond acceptors (Lipinski definition) is 0. The van der Waals surface area contributed by atoms with Gasteiger partial charge in [0, 0.05) is 5.92 Å². The van der Waals surface area contributed by atoms with Crippen molar-refractivity contribution in [2.75, 3.05) is 0 Å². The average molecular weight is 517 g/mol. The van der Waals surface area contributed by atoms with Gasteiger partial charge in [-0.2, -0.15) is 0 Å². The van der Waals surface area contributed by atoms with E-state index < -0.39 is 40.3 Å². The summed E-state index contributed by atoms with van der Waals surface area (Å²) in [6.45, 7) is 2.14. The van der Waals surface area contributed by atoms with Crippen LogP contribution in [0.5, 0.6) is 0 Å². The molecule has 196 valence electrons. The van der Waals surface area contributed by atoms with Crippen LogP contribution in [0.4, 0.5) is 26.3 Å². The van der Waals surface area contributed by atoms with E-state index in [0.29, 0.717) is 43.2 Å². The summed E-state index contributed by atoms with van der Waals surface area (Å²) in [5.74, 6) is -1.24. The van der Waals surface area contributed by atoms with Crippen molar-refractivity contribution < 1.29 is 26.3 Å². The number of aryl methyl sites for hydroxylation is 1. The van der Waals surface area contributed by atoms with E-state index in [0.717, 1.165) is 31.7 Å². The Kier molecular flexibility index (Phi) is 8.84. The van der Waals surface area contributed by atoms with E-state index in [1.807, 2.05) is 0 Å². The summed E-state index contributed by atoms with van der Waals surface area (Å²) < 4.78 is 84.9. The third-order valence-corrected chi connectivity index (χ3v) is 7.32. The molecular formula is C31H30F6. The van der Waals surface area contributed by atoms with Gasteiger partial charge in [-0.3, -0.25) is 0 Å². The Bertz CT molecular complexity index is 1300. The van der Waals surface area contributed by atoms with Crippen LogP contribution in [-0.4, -0.2) is 0 Å². The van der Waals surface area contributed by atoms with E-state index in [1.54, 1.807) is 0 Å². The van der Waals surface area contributed by atoms with Gasteiger partial charge in [-0.25, -0.2) is 26.3 Å². The average Bonchev–Trinajstić information content (AvgIpc) is 2.86. The predicted octanol–water partition coefficient (Wildman–Crippen LogP) is 9.51. The number of hydrogen-bond donors (Lipinski definition) is 0. The molecule has 0 unspecified atom stereocenters. The molecule has 0 heterocycles. The van der Waals surface area contributed by atoms with Gasteiger partial charge in [0.15, 0.2) is 17.5 Å². The predicted molar refractivity (Wildman–Crippen MR) is 134 cm³/mol. The SMILES string of the molecule is CCCCCCCc1cc(F)c(C#CC2CCC(c3cc(F)c4c(F)c(F)c(F)cc4c3)CC2)c(F)c1. The first-order chi connectivity index (χ1) is 17.8. The Hall–Kier alpha value is -2.94. The topological polar surface area (TPSA) is 0 Å². The zero-order valence-corrected chi connectivity index (χ0v) is 20.9. The molecule has 0 aliphatic heterocycles. The van der Waals surface area contributed by atoms with Gasteiger partial charge in [0.25, 0.3) is 0 Å². The second kappa shape index (κ2) is 12.1. The van der Waals surface area contributed by atoms with Gasteiger partial charge in [-0.1, -0.05) is 50.5 Å². The minimum Gasteiger partial charge on any atom is -0.206 e. The molecule has 1 aliphatic carbocycles. The molecule has 0 N–H and O–H groups in total. The largest absolute Gasteiger partial charge is 0.206 e. The zero-order valence-electron chi connectivity index (χ0n) is 20.9. The molecule has 1 fully saturated rings. The van der Waals surface area contributed by atoms with Gasteiger partial charge in [-0.05, 0) is 85.2 Å². The first kappa shape index (κ1) is 27.1. The molecule has 6 heteroatoms. The second-order valence-electron chi connectivity index (χ2n) is 10.0. The Balaban J connectivity index is 1.40. The van der Waals surface area contributed by atoms with Crippen LogP contribution in [0.15, 0.2) is 30.3 Å². The summed E-state index contributed by atoms with van der Waals surface area (Å²) in [6, 6.07) is 6.22. The molecule has 0 aromatic heterocycles. The van der Waals surface area contributed by atoms with Crippen molar-refractivity contribution in [1.29, 1.82) is 0 Å². The maximum Gasteiger partial charge on any atom is 0.195 e. The summed E-state index contributed by atoms with van der Waals surface area (Å²) in [6.07, 6.45) is 8.57. The van der Waals surface area contributed by atoms with Gasteiger partial charge in [0.1, 0.15) is 17.5 Å². The summed E-state index contributed by atoms with van der Waals surface area (Å²) in [5, 5.41) is -0.586. The molecule has 0 spiro atoms. The maximum atomic E-state index is 14.6. The number of unbranched alkanes of at least 4 members (excludes halogenated alkanes) is 4. The monoisotopic (exact) mass is 516 g/mol. The van der Waals surface area contributed by atoms with Gasteiger partial charge < -0.3 is 0 Å². The molecule has 0 atom stereocenters. The summed E-state index contributed by atoms with van der Waals surface area (Å²) >= 11 is 0. The molecule has 37 heavy (non-hydrogen) atoms. The van der Waals surface area contributed by atoms with Crippen molar-refractivity contribution in [3.8, 4) is 11.8 Å². The van der Waals surface area contributed by atoms with E-state index in [9.17, 15) is 26.3 Å². The molecule has 0 bridgehead atoms. The fourth-order valence-electron chi connectivity index (χ4n) is 5.21. The number of rotatable bonds is 7. The van der Waals surface area contributed by atoms with Crippen LogP contribution in [0.3, 0.4) is 0 Å². The van der Waals surface area contributed by atoms with Crippen LogP contribution in [0.25, 0.3) is 10.8 Å². The third kappa shape index (κ3) is 6.32. The Morgan fingerprint density at radius 1 is 0.703 bits per heavy atom. The molecule has 0 amide bonds. The van der Waals surface area contributed by atoms with Gasteiger partial charge in [0.2, 0.25) is 0 Å². The fourth-order valence-corrected chi connectivity index (χ4v) is 5.21. The van der Waals surface area contributed by atoms with Crippen molar-refractivity contribution in [2.45, 2.75) is 77.0 Å². The summed E-state index contributed by atoms with van der Waals surface area (Å²) in [7, 11) is 0. The summed E-state index contributed by atoms with van der Waals surface area (Å²) in [4.78, 5) is 0. The molecule has 3 aromatic carbocycles. The smallest absolute Gasteiger partial charge is 0.195 e. The van der Waals surface area contributed by atoms with Gasteiger partial charge in [-0.15, -0.1) is 0 Å². The van der Waals surface area contributed by atoms with Crippen LogP contribution in [0.1, 0.15) is 87.3 Å². The second-order valence-corrected chi connectivity index (χ2v) is 10.0. The van der Waals surface area contributed by atoms with Gasteiger partial charge >= 0.3 is 0 Å². The normalized spacial score (nSPS) is 17.6. The van der Waals surface area contributed by atoms with E-state index in [1.165, 1.54) is 30.7 Å². The molecular weight excluding hydrogens is 486 g/mol. The van der Waals surface area contributed by atoms with Crippen molar-refractivity contribution in [3.63, 3.8) is 0 Å². The number of fused-ring (bicyclic) bond motifs is 1. The number of benzene rings is 3.